The summed E-state index contributed by atoms with van der Waals surface area (Å²) in [7, 11) is -1.89. The van der Waals surface area contributed by atoms with Gasteiger partial charge in [-0.2, -0.15) is 4.89 Å². The van der Waals surface area contributed by atoms with Gasteiger partial charge in [-0.25, -0.2) is 0 Å². The third-order valence-corrected chi connectivity index (χ3v) is 3.40. The molecule has 0 aliphatic carbocycles. The zero-order valence-corrected chi connectivity index (χ0v) is 11.0. The minimum Gasteiger partial charge on any atom is -0.161 e. The van der Waals surface area contributed by atoms with Crippen LogP contribution in [-0.2, 0) is 4.57 Å². The van der Waals surface area contributed by atoms with E-state index in [1.165, 1.54) is 51.4 Å². The van der Waals surface area contributed by atoms with Gasteiger partial charge in [0.25, 0.3) is 0 Å². The van der Waals surface area contributed by atoms with Crippen molar-refractivity contribution in [2.45, 2.75) is 71.1 Å². The van der Waals surface area contributed by atoms with Crippen molar-refractivity contribution in [3.05, 3.63) is 0 Å². The highest BCUT2D eigenvalue weighted by Gasteiger charge is 2.07. The molecule has 0 aliphatic rings. The summed E-state index contributed by atoms with van der Waals surface area (Å²) in [6, 6.07) is 0. The lowest BCUT2D eigenvalue weighted by atomic mass is 10.1. The third kappa shape index (κ3) is 14.1. The van der Waals surface area contributed by atoms with E-state index in [1.54, 1.807) is 0 Å². The first-order chi connectivity index (χ1) is 7.27. The maximum absolute atomic E-state index is 10.4. The first kappa shape index (κ1) is 15.1. The maximum atomic E-state index is 10.4. The van der Waals surface area contributed by atoms with Crippen LogP contribution in [0.2, 0.25) is 0 Å². The van der Waals surface area contributed by atoms with Crippen LogP contribution >= 0.6 is 8.03 Å². The fourth-order valence-corrected chi connectivity index (χ4v) is 2.23. The second-order valence-corrected chi connectivity index (χ2v) is 5.41. The summed E-state index contributed by atoms with van der Waals surface area (Å²) in [5, 5.41) is 0. The molecule has 0 fully saturated rings. The minimum atomic E-state index is -1.89. The van der Waals surface area contributed by atoms with E-state index in [4.69, 9.17) is 4.89 Å². The normalized spacial score (nSPS) is 11.7. The molecule has 0 bridgehead atoms. The summed E-state index contributed by atoms with van der Waals surface area (Å²) in [5.74, 6) is 0. The Morgan fingerprint density at radius 3 is 1.60 bits per heavy atom. The van der Waals surface area contributed by atoms with Gasteiger partial charge in [0.1, 0.15) is 0 Å². The lowest BCUT2D eigenvalue weighted by Crippen LogP contribution is -1.83. The summed E-state index contributed by atoms with van der Waals surface area (Å²) in [5.41, 5.74) is 0. The van der Waals surface area contributed by atoms with Gasteiger partial charge in [0.2, 0.25) is 0 Å². The van der Waals surface area contributed by atoms with Crippen molar-refractivity contribution in [1.29, 1.82) is 0 Å². The molecule has 0 heterocycles. The van der Waals surface area contributed by atoms with E-state index in [0.717, 1.165) is 12.8 Å². The molecule has 0 aromatic heterocycles. The van der Waals surface area contributed by atoms with Gasteiger partial charge in [0, 0.05) is 0 Å². The fourth-order valence-electron chi connectivity index (χ4n) is 1.73. The Bertz CT molecular complexity index is 149. The lowest BCUT2D eigenvalue weighted by molar-refractivity contribution is 0.498. The van der Waals surface area contributed by atoms with E-state index in [9.17, 15) is 4.57 Å². The van der Waals surface area contributed by atoms with E-state index >= 15 is 0 Å². The van der Waals surface area contributed by atoms with Gasteiger partial charge >= 0.3 is 8.03 Å². The molecule has 0 spiro atoms. The highest BCUT2D eigenvalue weighted by molar-refractivity contribution is 7.37. The number of unbranched alkanes of at least 4 members (excludes halogenated alkanes) is 9. The molecule has 0 aromatic carbocycles. The van der Waals surface area contributed by atoms with E-state index in [-0.39, 0.29) is 0 Å². The van der Waals surface area contributed by atoms with Crippen molar-refractivity contribution in [3.8, 4) is 0 Å². The van der Waals surface area contributed by atoms with Gasteiger partial charge in [0.05, 0.1) is 0 Å². The molecular formula is C12H26O2P+. The Balaban J connectivity index is 2.89. The molecule has 0 aliphatic heterocycles. The standard InChI is InChI=1S/C12H25O2P/c1-2-3-4-5-6-7-8-9-10-11-12-15(13)14/h2-12H2,1H3/p+1. The molecule has 1 atom stereocenters. The molecule has 0 amide bonds. The van der Waals surface area contributed by atoms with Gasteiger partial charge in [-0.15, -0.1) is 0 Å². The molecule has 0 radical (unpaired) electrons. The molecule has 0 saturated heterocycles. The smallest absolute Gasteiger partial charge is 0.161 e. The van der Waals surface area contributed by atoms with Crippen LogP contribution in [0.3, 0.4) is 0 Å². The third-order valence-electron chi connectivity index (χ3n) is 2.70. The molecule has 3 heteroatoms. The van der Waals surface area contributed by atoms with Crippen molar-refractivity contribution in [1.82, 2.24) is 0 Å². The average Bonchev–Trinajstić information content (AvgIpc) is 2.20. The molecule has 0 rings (SSSR count). The minimum absolute atomic E-state index is 0.492. The van der Waals surface area contributed by atoms with E-state index in [1.807, 2.05) is 0 Å². The molecule has 0 saturated carbocycles. The van der Waals surface area contributed by atoms with E-state index in [2.05, 4.69) is 6.92 Å². The second-order valence-electron chi connectivity index (χ2n) is 4.26. The molecular weight excluding hydrogens is 207 g/mol. The van der Waals surface area contributed by atoms with Crippen molar-refractivity contribution in [3.63, 3.8) is 0 Å². The van der Waals surface area contributed by atoms with Gasteiger partial charge in [0.15, 0.2) is 6.16 Å². The van der Waals surface area contributed by atoms with Gasteiger partial charge in [-0.1, -0.05) is 58.3 Å². The van der Waals surface area contributed by atoms with E-state index < -0.39 is 8.03 Å². The topological polar surface area (TPSA) is 37.3 Å². The summed E-state index contributed by atoms with van der Waals surface area (Å²) in [6.07, 6.45) is 13.2. The highest BCUT2D eigenvalue weighted by Crippen LogP contribution is 2.17. The molecule has 90 valence electrons. The van der Waals surface area contributed by atoms with Crippen LogP contribution in [0.25, 0.3) is 0 Å². The van der Waals surface area contributed by atoms with Crippen LogP contribution in [0.1, 0.15) is 71.1 Å². The Morgan fingerprint density at radius 1 is 0.800 bits per heavy atom. The van der Waals surface area contributed by atoms with Crippen LogP contribution < -0.4 is 0 Å². The summed E-state index contributed by atoms with van der Waals surface area (Å²) >= 11 is 0. The monoisotopic (exact) mass is 233 g/mol. The Hall–Kier alpha value is 0.0600. The molecule has 2 nitrogen and oxygen atoms in total. The van der Waals surface area contributed by atoms with Crippen LogP contribution in [0.5, 0.6) is 0 Å². The molecule has 15 heavy (non-hydrogen) atoms. The zero-order valence-electron chi connectivity index (χ0n) is 10.1. The van der Waals surface area contributed by atoms with E-state index in [0.29, 0.717) is 6.16 Å². The molecule has 1 unspecified atom stereocenters. The number of rotatable bonds is 11. The Labute approximate surface area is 95.3 Å². The first-order valence-corrected chi connectivity index (χ1v) is 7.80. The van der Waals surface area contributed by atoms with Crippen molar-refractivity contribution in [2.75, 3.05) is 6.16 Å². The lowest BCUT2D eigenvalue weighted by Gasteiger charge is -2.00. The SMILES string of the molecule is CCCCCCCCCCCC[P+](=O)O. The summed E-state index contributed by atoms with van der Waals surface area (Å²) in [6.45, 7) is 2.24. The zero-order chi connectivity index (χ0) is 11.4. The predicted octanol–water partition coefficient (Wildman–Crippen LogP) is 4.64. The fraction of sp³-hybridized carbons (Fsp3) is 1.00. The number of hydrogen-bond donors (Lipinski definition) is 1. The second kappa shape index (κ2) is 12.1. The average molecular weight is 233 g/mol. The molecule has 1 N–H and O–H groups in total. The van der Waals surface area contributed by atoms with Crippen LogP contribution in [0.4, 0.5) is 0 Å². The van der Waals surface area contributed by atoms with Crippen molar-refractivity contribution < 1.29 is 9.46 Å². The van der Waals surface area contributed by atoms with Crippen LogP contribution in [0.15, 0.2) is 0 Å². The largest absolute Gasteiger partial charge is 0.505 e. The van der Waals surface area contributed by atoms with Crippen molar-refractivity contribution >= 4 is 8.03 Å². The van der Waals surface area contributed by atoms with Crippen molar-refractivity contribution in [2.24, 2.45) is 0 Å². The van der Waals surface area contributed by atoms with Gasteiger partial charge in [-0.05, 0) is 17.4 Å². The van der Waals surface area contributed by atoms with Gasteiger partial charge < -0.3 is 0 Å². The molecule has 0 aromatic rings. The summed E-state index contributed by atoms with van der Waals surface area (Å²) < 4.78 is 10.4. The van der Waals surface area contributed by atoms with Crippen LogP contribution in [-0.4, -0.2) is 11.1 Å². The predicted molar refractivity (Wildman–Crippen MR) is 66.5 cm³/mol. The van der Waals surface area contributed by atoms with Gasteiger partial charge in [-0.3, -0.25) is 0 Å². The highest BCUT2D eigenvalue weighted by atomic mass is 31.1. The van der Waals surface area contributed by atoms with Crippen LogP contribution in [0, 0.1) is 0 Å². The first-order valence-electron chi connectivity index (χ1n) is 6.41. The Kier molecular flexibility index (Phi) is 12.2. The quantitative estimate of drug-likeness (QED) is 0.417. The Morgan fingerprint density at radius 2 is 1.20 bits per heavy atom. The number of hydrogen-bond acceptors (Lipinski definition) is 1. The maximum Gasteiger partial charge on any atom is 0.505 e. The summed E-state index contributed by atoms with van der Waals surface area (Å²) in [4.78, 5) is 8.58.